The highest BCUT2D eigenvalue weighted by Crippen LogP contribution is 1.84. The van der Waals surface area contributed by atoms with Gasteiger partial charge in [0.1, 0.15) is 13.2 Å². The Balaban J connectivity index is -0.0000000813. The first-order valence-electron chi connectivity index (χ1n) is 16.2. The van der Waals surface area contributed by atoms with E-state index in [4.69, 9.17) is 79.5 Å². The van der Waals surface area contributed by atoms with Crippen molar-refractivity contribution in [2.75, 3.05) is 106 Å². The molecule has 0 saturated heterocycles. The van der Waals surface area contributed by atoms with Gasteiger partial charge in [0.05, 0.1) is 105 Å². The van der Waals surface area contributed by atoms with Crippen LogP contribution in [0.25, 0.3) is 0 Å². The minimum absolute atomic E-state index is 0.0413. The highest BCUT2D eigenvalue weighted by Gasteiger charge is 1.93. The topological polar surface area (TPSA) is 326 Å². The SMILES string of the molecule is C=C(C)C(=O)O.C=C(C)C(=O)O.C=C(C)C(=O)O.C=C(C)C(=O)O.C=COCCOCCOC=C.OCCO.OCCO.OCCOCCOCCOCCO. The largest absolute Gasteiger partial charge is 0.499 e. The molecule has 0 atom stereocenters. The molecule has 0 rings (SSSR count). The summed E-state index contributed by atoms with van der Waals surface area (Å²) in [6, 6.07) is 0. The zero-order chi connectivity index (χ0) is 45.6. The Morgan fingerprint density at radius 1 is 0.375 bits per heavy atom. The summed E-state index contributed by atoms with van der Waals surface area (Å²) in [4.78, 5) is 38.4. The molecule has 0 radical (unpaired) electrons. The van der Waals surface area contributed by atoms with E-state index >= 15 is 0 Å². The van der Waals surface area contributed by atoms with Crippen molar-refractivity contribution in [3.8, 4) is 0 Å². The Hall–Kier alpha value is -4.48. The van der Waals surface area contributed by atoms with Gasteiger partial charge in [0.25, 0.3) is 0 Å². The van der Waals surface area contributed by atoms with Crippen LogP contribution in [0.3, 0.4) is 0 Å². The number of rotatable bonds is 24. The molecule has 0 amide bonds. The Labute approximate surface area is 330 Å². The highest BCUT2D eigenvalue weighted by molar-refractivity contribution is 5.85. The Morgan fingerprint density at radius 3 is 0.661 bits per heavy atom. The maximum absolute atomic E-state index is 9.60. The first-order valence-corrected chi connectivity index (χ1v) is 16.2. The highest BCUT2D eigenvalue weighted by atomic mass is 16.6. The van der Waals surface area contributed by atoms with Crippen LogP contribution in [0.4, 0.5) is 0 Å². The summed E-state index contributed by atoms with van der Waals surface area (Å²) in [5.74, 6) is -3.74. The second kappa shape index (κ2) is 65.4. The van der Waals surface area contributed by atoms with Gasteiger partial charge < -0.3 is 79.5 Å². The van der Waals surface area contributed by atoms with Crippen LogP contribution in [-0.4, -0.2) is 181 Å². The lowest BCUT2D eigenvalue weighted by atomic mass is 10.4. The molecule has 0 heterocycles. The van der Waals surface area contributed by atoms with E-state index in [1.54, 1.807) is 0 Å². The van der Waals surface area contributed by atoms with Crippen molar-refractivity contribution in [1.82, 2.24) is 0 Å². The van der Waals surface area contributed by atoms with E-state index < -0.39 is 23.9 Å². The molecule has 10 N–H and O–H groups in total. The predicted molar refractivity (Wildman–Crippen MR) is 208 cm³/mol. The van der Waals surface area contributed by atoms with Gasteiger partial charge in [0.15, 0.2) is 0 Å². The quantitative estimate of drug-likeness (QED) is 0.0367. The summed E-state index contributed by atoms with van der Waals surface area (Å²) in [6.07, 6.45) is 2.78. The second-order valence-corrected chi connectivity index (χ2v) is 9.21. The van der Waals surface area contributed by atoms with E-state index in [-0.39, 0.29) is 61.9 Å². The van der Waals surface area contributed by atoms with Gasteiger partial charge in [-0.3, -0.25) is 0 Å². The summed E-state index contributed by atoms with van der Waals surface area (Å²) < 4.78 is 29.8. The van der Waals surface area contributed by atoms with Crippen molar-refractivity contribution in [2.24, 2.45) is 0 Å². The third kappa shape index (κ3) is 117. The van der Waals surface area contributed by atoms with Crippen LogP contribution in [0, 0.1) is 0 Å². The first-order chi connectivity index (χ1) is 26.2. The lowest BCUT2D eigenvalue weighted by Gasteiger charge is -2.04. The molecule has 20 heteroatoms. The van der Waals surface area contributed by atoms with Gasteiger partial charge in [-0.05, 0) is 27.7 Å². The minimum Gasteiger partial charge on any atom is -0.499 e. The maximum Gasteiger partial charge on any atom is 0.330 e. The Kier molecular flexibility index (Phi) is 81.1. The van der Waals surface area contributed by atoms with Gasteiger partial charge in [-0.25, -0.2) is 19.2 Å². The van der Waals surface area contributed by atoms with Gasteiger partial charge in [-0.1, -0.05) is 39.5 Å². The number of aliphatic carboxylic acids is 4. The Bertz CT molecular complexity index is 792. The number of hydrogen-bond acceptors (Lipinski definition) is 16. The molecule has 0 spiro atoms. The zero-order valence-electron chi connectivity index (χ0n) is 33.3. The van der Waals surface area contributed by atoms with Crippen LogP contribution < -0.4 is 0 Å². The fraction of sp³-hybridized carbons (Fsp3) is 0.556. The fourth-order valence-electron chi connectivity index (χ4n) is 1.15. The normalized spacial score (nSPS) is 8.46. The monoisotopic (exact) mass is 820 g/mol. The molecule has 332 valence electrons. The van der Waals surface area contributed by atoms with Gasteiger partial charge in [0.2, 0.25) is 0 Å². The molecule has 0 bridgehead atoms. The third-order valence-corrected chi connectivity index (χ3v) is 3.80. The van der Waals surface area contributed by atoms with E-state index in [2.05, 4.69) is 39.5 Å². The van der Waals surface area contributed by atoms with E-state index in [0.29, 0.717) is 66.1 Å². The first kappa shape index (κ1) is 69.4. The van der Waals surface area contributed by atoms with Crippen LogP contribution in [0.1, 0.15) is 27.7 Å². The van der Waals surface area contributed by atoms with E-state index in [9.17, 15) is 19.2 Å². The van der Waals surface area contributed by atoms with Crippen molar-refractivity contribution in [3.63, 3.8) is 0 Å². The molecule has 0 saturated carbocycles. The third-order valence-electron chi connectivity index (χ3n) is 3.80. The molecule has 0 aliphatic heterocycles. The fourth-order valence-corrected chi connectivity index (χ4v) is 1.15. The van der Waals surface area contributed by atoms with Crippen molar-refractivity contribution in [1.29, 1.82) is 0 Å². The summed E-state index contributed by atoms with van der Waals surface area (Å²) in [5.41, 5.74) is 0.704. The zero-order valence-corrected chi connectivity index (χ0v) is 33.3. The van der Waals surface area contributed by atoms with Crippen molar-refractivity contribution in [3.05, 3.63) is 74.3 Å². The molecule has 0 aromatic rings. The molecule has 0 fully saturated rings. The average Bonchev–Trinajstić information content (AvgIpc) is 3.15. The van der Waals surface area contributed by atoms with E-state index in [1.165, 1.54) is 40.2 Å². The number of aliphatic hydroxyl groups excluding tert-OH is 6. The van der Waals surface area contributed by atoms with Crippen molar-refractivity contribution < 1.29 is 98.7 Å². The van der Waals surface area contributed by atoms with Crippen LogP contribution >= 0.6 is 0 Å². The minimum atomic E-state index is -0.935. The van der Waals surface area contributed by atoms with Crippen LogP contribution in [0.2, 0.25) is 0 Å². The van der Waals surface area contributed by atoms with E-state index in [1.807, 2.05) is 0 Å². The summed E-state index contributed by atoms with van der Waals surface area (Å²) in [6.45, 7) is 29.7. The summed E-state index contributed by atoms with van der Waals surface area (Å²) in [7, 11) is 0. The molecule has 20 nitrogen and oxygen atoms in total. The molecule has 0 aliphatic rings. The molecule has 0 aliphatic carbocycles. The van der Waals surface area contributed by atoms with Gasteiger partial charge in [0, 0.05) is 22.3 Å². The lowest BCUT2D eigenvalue weighted by Crippen LogP contribution is -2.11. The number of carboxylic acid groups (broad SMARTS) is 4. The van der Waals surface area contributed by atoms with E-state index in [0.717, 1.165) is 0 Å². The number of carbonyl (C=O) groups is 4. The predicted octanol–water partition coefficient (Wildman–Crippen LogP) is 0.874. The molecular weight excluding hydrogens is 752 g/mol. The molecule has 0 aromatic carbocycles. The van der Waals surface area contributed by atoms with Crippen molar-refractivity contribution >= 4 is 23.9 Å². The number of hydrogen-bond donors (Lipinski definition) is 10. The number of aliphatic hydroxyl groups is 6. The van der Waals surface area contributed by atoms with Crippen LogP contribution in [-0.2, 0) is 47.6 Å². The van der Waals surface area contributed by atoms with Crippen LogP contribution in [0.5, 0.6) is 0 Å². The molecular formula is C36H68O20. The second-order valence-electron chi connectivity index (χ2n) is 9.21. The smallest absolute Gasteiger partial charge is 0.330 e. The molecule has 0 aromatic heterocycles. The summed E-state index contributed by atoms with van der Waals surface area (Å²) in [5, 5.41) is 78.8. The molecule has 0 unspecified atom stereocenters. The van der Waals surface area contributed by atoms with Crippen LogP contribution in [0.15, 0.2) is 74.3 Å². The maximum atomic E-state index is 9.60. The molecule has 56 heavy (non-hydrogen) atoms. The standard InChI is InChI=1S/C8H18O5.C8H14O3.4C4H6O2.2C2H6O2/c9-1-3-11-5-7-13-8-6-12-4-2-10;1-3-9-5-7-11-8-6-10-4-2;4*1-3(2)4(5)6;2*3-1-2-4/h9-10H,1-8H2;3-4H,1-2,5-8H2;4*1H2,2H3,(H,5,6);2*3-4H,1-2H2. The number of carboxylic acids is 4. The Morgan fingerprint density at radius 2 is 0.536 bits per heavy atom. The van der Waals surface area contributed by atoms with Crippen molar-refractivity contribution in [2.45, 2.75) is 27.7 Å². The van der Waals surface area contributed by atoms with Gasteiger partial charge in [-0.2, -0.15) is 0 Å². The lowest BCUT2D eigenvalue weighted by molar-refractivity contribution is -0.133. The van der Waals surface area contributed by atoms with Gasteiger partial charge in [-0.15, -0.1) is 0 Å². The number of ether oxygens (including phenoxy) is 6. The average molecular weight is 821 g/mol. The summed E-state index contributed by atoms with van der Waals surface area (Å²) >= 11 is 0. The van der Waals surface area contributed by atoms with Gasteiger partial charge >= 0.3 is 23.9 Å².